The number of ether oxygens (including phenoxy) is 1. The van der Waals surface area contributed by atoms with E-state index >= 15 is 0 Å². The maximum absolute atomic E-state index is 10.3. The molecule has 0 bridgehead atoms. The van der Waals surface area contributed by atoms with Gasteiger partial charge in [-0.1, -0.05) is 13.8 Å². The summed E-state index contributed by atoms with van der Waals surface area (Å²) in [5, 5.41) is 8.52. The van der Waals surface area contributed by atoms with Gasteiger partial charge in [-0.05, 0) is 18.3 Å². The molecule has 1 atom stereocenters. The van der Waals surface area contributed by atoms with Crippen LogP contribution in [0.25, 0.3) is 0 Å². The third-order valence-corrected chi connectivity index (χ3v) is 2.26. The fraction of sp³-hybridized carbons (Fsp3) is 0.889. The summed E-state index contributed by atoms with van der Waals surface area (Å²) in [6, 6.07) is 0. The van der Waals surface area contributed by atoms with Crippen molar-refractivity contribution in [1.82, 2.24) is 0 Å². The standard InChI is InChI=1S/C9H16O3/c1-9(2)4-3-7(12-6-9)5-8(10)11/h7H,3-6H2,1-2H3,(H,10,11)/t7-/m1/s1. The van der Waals surface area contributed by atoms with Gasteiger partial charge in [-0.2, -0.15) is 0 Å². The Morgan fingerprint density at radius 1 is 1.67 bits per heavy atom. The highest BCUT2D eigenvalue weighted by atomic mass is 16.5. The van der Waals surface area contributed by atoms with Gasteiger partial charge >= 0.3 is 5.97 Å². The van der Waals surface area contributed by atoms with Crippen LogP contribution >= 0.6 is 0 Å². The smallest absolute Gasteiger partial charge is 0.305 e. The average molecular weight is 172 g/mol. The molecule has 1 heterocycles. The zero-order valence-corrected chi connectivity index (χ0v) is 7.67. The summed E-state index contributed by atoms with van der Waals surface area (Å²) in [6.45, 7) is 4.97. The van der Waals surface area contributed by atoms with Gasteiger partial charge in [0.05, 0.1) is 19.1 Å². The third kappa shape index (κ3) is 2.81. The predicted octanol–water partition coefficient (Wildman–Crippen LogP) is 1.67. The maximum Gasteiger partial charge on any atom is 0.305 e. The first-order valence-electron chi connectivity index (χ1n) is 4.33. The van der Waals surface area contributed by atoms with Gasteiger partial charge < -0.3 is 9.84 Å². The van der Waals surface area contributed by atoms with E-state index in [9.17, 15) is 4.79 Å². The van der Waals surface area contributed by atoms with Crippen LogP contribution in [0.1, 0.15) is 33.1 Å². The van der Waals surface area contributed by atoms with Crippen molar-refractivity contribution in [1.29, 1.82) is 0 Å². The molecule has 0 aromatic heterocycles. The monoisotopic (exact) mass is 172 g/mol. The van der Waals surface area contributed by atoms with E-state index in [-0.39, 0.29) is 17.9 Å². The molecule has 1 fully saturated rings. The van der Waals surface area contributed by atoms with Crippen molar-refractivity contribution in [3.8, 4) is 0 Å². The van der Waals surface area contributed by atoms with E-state index < -0.39 is 5.97 Å². The number of hydrogen-bond acceptors (Lipinski definition) is 2. The maximum atomic E-state index is 10.3. The molecule has 0 aromatic rings. The van der Waals surface area contributed by atoms with Crippen molar-refractivity contribution in [2.45, 2.75) is 39.2 Å². The van der Waals surface area contributed by atoms with Gasteiger partial charge in [-0.15, -0.1) is 0 Å². The first-order chi connectivity index (χ1) is 5.49. The summed E-state index contributed by atoms with van der Waals surface area (Å²) in [5.74, 6) is -0.764. The Morgan fingerprint density at radius 2 is 2.33 bits per heavy atom. The third-order valence-electron chi connectivity index (χ3n) is 2.26. The summed E-state index contributed by atoms with van der Waals surface area (Å²) < 4.78 is 5.42. The summed E-state index contributed by atoms with van der Waals surface area (Å²) >= 11 is 0. The number of hydrogen-bond donors (Lipinski definition) is 1. The Bertz CT molecular complexity index is 165. The van der Waals surface area contributed by atoms with E-state index in [1.807, 2.05) is 0 Å². The van der Waals surface area contributed by atoms with Crippen molar-refractivity contribution >= 4 is 5.97 Å². The van der Waals surface area contributed by atoms with Gasteiger partial charge in [0.15, 0.2) is 0 Å². The van der Waals surface area contributed by atoms with Crippen molar-refractivity contribution < 1.29 is 14.6 Å². The number of carboxylic acids is 1. The lowest BCUT2D eigenvalue weighted by atomic mass is 9.85. The Hall–Kier alpha value is -0.570. The van der Waals surface area contributed by atoms with E-state index in [0.29, 0.717) is 6.61 Å². The zero-order chi connectivity index (χ0) is 9.19. The number of rotatable bonds is 2. The first kappa shape index (κ1) is 9.52. The minimum absolute atomic E-state index is 0.0597. The van der Waals surface area contributed by atoms with E-state index in [2.05, 4.69) is 13.8 Å². The highest BCUT2D eigenvalue weighted by Crippen LogP contribution is 2.30. The average Bonchev–Trinajstić information content (AvgIpc) is 1.93. The topological polar surface area (TPSA) is 46.5 Å². The normalized spacial score (nSPS) is 28.3. The van der Waals surface area contributed by atoms with Crippen LogP contribution in [0, 0.1) is 5.41 Å². The molecule has 1 saturated heterocycles. The second kappa shape index (κ2) is 3.44. The molecule has 3 nitrogen and oxygen atoms in total. The van der Waals surface area contributed by atoms with E-state index in [0.717, 1.165) is 12.8 Å². The summed E-state index contributed by atoms with van der Waals surface area (Å²) in [4.78, 5) is 10.3. The molecular formula is C9H16O3. The van der Waals surface area contributed by atoms with Crippen LogP contribution in [-0.2, 0) is 9.53 Å². The Labute approximate surface area is 72.7 Å². The fourth-order valence-electron chi connectivity index (χ4n) is 1.41. The minimum Gasteiger partial charge on any atom is -0.481 e. The molecule has 1 aliphatic heterocycles. The lowest BCUT2D eigenvalue weighted by Gasteiger charge is -2.33. The molecule has 0 radical (unpaired) electrons. The molecule has 0 spiro atoms. The van der Waals surface area contributed by atoms with E-state index in [1.54, 1.807) is 0 Å². The Balaban J connectivity index is 2.31. The lowest BCUT2D eigenvalue weighted by molar-refractivity contribution is -0.143. The van der Waals surface area contributed by atoms with Gasteiger partial charge in [0.25, 0.3) is 0 Å². The fourth-order valence-corrected chi connectivity index (χ4v) is 1.41. The molecule has 1 aliphatic rings. The lowest BCUT2D eigenvalue weighted by Crippen LogP contribution is -2.32. The van der Waals surface area contributed by atoms with Gasteiger partial charge in [-0.25, -0.2) is 0 Å². The van der Waals surface area contributed by atoms with Gasteiger partial charge in [0, 0.05) is 0 Å². The molecular weight excluding hydrogens is 156 g/mol. The minimum atomic E-state index is -0.764. The Morgan fingerprint density at radius 3 is 2.75 bits per heavy atom. The quantitative estimate of drug-likeness (QED) is 0.689. The van der Waals surface area contributed by atoms with E-state index in [4.69, 9.17) is 9.84 Å². The molecule has 1 rings (SSSR count). The molecule has 1 N–H and O–H groups in total. The van der Waals surface area contributed by atoms with Crippen molar-refractivity contribution in [2.75, 3.05) is 6.61 Å². The second-order valence-corrected chi connectivity index (χ2v) is 4.23. The highest BCUT2D eigenvalue weighted by molar-refractivity contribution is 5.67. The molecule has 0 amide bonds. The van der Waals surface area contributed by atoms with Crippen LogP contribution in [0.3, 0.4) is 0 Å². The molecule has 3 heteroatoms. The summed E-state index contributed by atoms with van der Waals surface area (Å²) in [5.41, 5.74) is 0.231. The van der Waals surface area contributed by atoms with Crippen LogP contribution in [0.4, 0.5) is 0 Å². The molecule has 0 aliphatic carbocycles. The largest absolute Gasteiger partial charge is 0.481 e. The van der Waals surface area contributed by atoms with Crippen LogP contribution in [0.15, 0.2) is 0 Å². The summed E-state index contributed by atoms with van der Waals surface area (Å²) in [6.07, 6.45) is 2.02. The Kier molecular flexibility index (Phi) is 2.73. The van der Waals surface area contributed by atoms with Gasteiger partial charge in [0.1, 0.15) is 0 Å². The van der Waals surface area contributed by atoms with E-state index in [1.165, 1.54) is 0 Å². The second-order valence-electron chi connectivity index (χ2n) is 4.23. The highest BCUT2D eigenvalue weighted by Gasteiger charge is 2.28. The van der Waals surface area contributed by atoms with Gasteiger partial charge in [-0.3, -0.25) is 4.79 Å². The number of carboxylic acid groups (broad SMARTS) is 1. The first-order valence-corrected chi connectivity index (χ1v) is 4.33. The predicted molar refractivity (Wildman–Crippen MR) is 45.0 cm³/mol. The van der Waals surface area contributed by atoms with Crippen LogP contribution in [0.5, 0.6) is 0 Å². The van der Waals surface area contributed by atoms with Crippen LogP contribution < -0.4 is 0 Å². The molecule has 0 aromatic carbocycles. The van der Waals surface area contributed by atoms with Crippen molar-refractivity contribution in [2.24, 2.45) is 5.41 Å². The summed E-state index contributed by atoms with van der Waals surface area (Å²) in [7, 11) is 0. The van der Waals surface area contributed by atoms with Gasteiger partial charge in [0.2, 0.25) is 0 Å². The van der Waals surface area contributed by atoms with Crippen molar-refractivity contribution in [3.05, 3.63) is 0 Å². The van der Waals surface area contributed by atoms with Crippen LogP contribution in [0.2, 0.25) is 0 Å². The number of carbonyl (C=O) groups is 1. The molecule has 0 unspecified atom stereocenters. The molecule has 70 valence electrons. The molecule has 12 heavy (non-hydrogen) atoms. The molecule has 0 saturated carbocycles. The van der Waals surface area contributed by atoms with Crippen molar-refractivity contribution in [3.63, 3.8) is 0 Å². The number of aliphatic carboxylic acids is 1. The zero-order valence-electron chi connectivity index (χ0n) is 7.67. The SMILES string of the molecule is CC1(C)CC[C@H](CC(=O)O)OC1. The van der Waals surface area contributed by atoms with Crippen LogP contribution in [-0.4, -0.2) is 23.8 Å².